The van der Waals surface area contributed by atoms with E-state index in [1.807, 2.05) is 17.7 Å². The Bertz CT molecular complexity index is 333. The third-order valence-corrected chi connectivity index (χ3v) is 2.18. The smallest absolute Gasteiger partial charge is 0.287 e. The molecular formula is C7H8BrN3O. The van der Waals surface area contributed by atoms with E-state index < -0.39 is 0 Å². The summed E-state index contributed by atoms with van der Waals surface area (Å²) in [6.07, 6.45) is 1.82. The van der Waals surface area contributed by atoms with E-state index in [1.165, 1.54) is 0 Å². The number of hydrogen-bond donors (Lipinski definition) is 1. The highest BCUT2D eigenvalue weighted by atomic mass is 79.9. The van der Waals surface area contributed by atoms with Crippen LogP contribution in [0.2, 0.25) is 0 Å². The molecule has 1 aliphatic heterocycles. The van der Waals surface area contributed by atoms with Crippen molar-refractivity contribution in [1.82, 2.24) is 14.9 Å². The van der Waals surface area contributed by atoms with Crippen molar-refractivity contribution < 1.29 is 4.79 Å². The van der Waals surface area contributed by atoms with Gasteiger partial charge in [-0.05, 0) is 22.9 Å². The summed E-state index contributed by atoms with van der Waals surface area (Å²) in [4.78, 5) is 15.3. The van der Waals surface area contributed by atoms with Crippen LogP contribution in [0.3, 0.4) is 0 Å². The normalized spacial score (nSPS) is 21.8. The average molecular weight is 230 g/mol. The van der Waals surface area contributed by atoms with Crippen LogP contribution in [-0.4, -0.2) is 21.5 Å². The molecule has 0 aliphatic carbocycles. The molecule has 2 rings (SSSR count). The number of hydrogen-bond acceptors (Lipinski definition) is 2. The van der Waals surface area contributed by atoms with Crippen molar-refractivity contribution >= 4 is 21.8 Å². The first-order valence-corrected chi connectivity index (χ1v) is 4.49. The van der Waals surface area contributed by atoms with Crippen molar-refractivity contribution in [2.45, 2.75) is 19.5 Å². The van der Waals surface area contributed by atoms with Gasteiger partial charge in [0.05, 0.1) is 0 Å². The monoisotopic (exact) mass is 229 g/mol. The minimum atomic E-state index is -0.0977. The largest absolute Gasteiger partial charge is 0.345 e. The van der Waals surface area contributed by atoms with E-state index in [9.17, 15) is 4.79 Å². The van der Waals surface area contributed by atoms with Crippen molar-refractivity contribution in [2.24, 2.45) is 0 Å². The van der Waals surface area contributed by atoms with Gasteiger partial charge in [0.1, 0.15) is 4.60 Å². The van der Waals surface area contributed by atoms with Crippen molar-refractivity contribution in [3.8, 4) is 0 Å². The SMILES string of the molecule is C[C@@H]1Cn2cc(Br)nc2C(=O)N1. The van der Waals surface area contributed by atoms with E-state index in [1.54, 1.807) is 0 Å². The molecule has 1 atom stereocenters. The van der Waals surface area contributed by atoms with Crippen LogP contribution in [0.5, 0.6) is 0 Å². The second kappa shape index (κ2) is 2.58. The summed E-state index contributed by atoms with van der Waals surface area (Å²) in [5.74, 6) is 0.388. The molecule has 1 aromatic rings. The van der Waals surface area contributed by atoms with Gasteiger partial charge in [0.2, 0.25) is 0 Å². The molecule has 1 N–H and O–H groups in total. The van der Waals surface area contributed by atoms with Gasteiger partial charge in [-0.3, -0.25) is 4.79 Å². The molecule has 64 valence electrons. The molecule has 0 aromatic carbocycles. The fourth-order valence-corrected chi connectivity index (χ4v) is 1.75. The lowest BCUT2D eigenvalue weighted by molar-refractivity contribution is 0.0899. The van der Waals surface area contributed by atoms with Gasteiger partial charge < -0.3 is 9.88 Å². The van der Waals surface area contributed by atoms with Crippen molar-refractivity contribution in [3.63, 3.8) is 0 Å². The number of rotatable bonds is 0. The number of nitrogens with one attached hydrogen (secondary N) is 1. The van der Waals surface area contributed by atoms with E-state index in [0.29, 0.717) is 10.4 Å². The number of carbonyl (C=O) groups excluding carboxylic acids is 1. The van der Waals surface area contributed by atoms with Crippen molar-refractivity contribution in [3.05, 3.63) is 16.6 Å². The quantitative estimate of drug-likeness (QED) is 0.715. The van der Waals surface area contributed by atoms with Gasteiger partial charge in [-0.1, -0.05) is 0 Å². The van der Waals surface area contributed by atoms with Gasteiger partial charge >= 0.3 is 0 Å². The lowest BCUT2D eigenvalue weighted by Gasteiger charge is -2.20. The molecular weight excluding hydrogens is 222 g/mol. The molecule has 2 heterocycles. The maximum Gasteiger partial charge on any atom is 0.287 e. The highest BCUT2D eigenvalue weighted by Gasteiger charge is 2.22. The third-order valence-electron chi connectivity index (χ3n) is 1.80. The van der Waals surface area contributed by atoms with E-state index in [-0.39, 0.29) is 11.9 Å². The van der Waals surface area contributed by atoms with E-state index in [4.69, 9.17) is 0 Å². The van der Waals surface area contributed by atoms with Crippen LogP contribution in [0.1, 0.15) is 17.5 Å². The lowest BCUT2D eigenvalue weighted by atomic mass is 10.2. The van der Waals surface area contributed by atoms with E-state index >= 15 is 0 Å². The Labute approximate surface area is 78.1 Å². The Morgan fingerprint density at radius 1 is 1.83 bits per heavy atom. The number of amides is 1. The van der Waals surface area contributed by atoms with Crippen LogP contribution < -0.4 is 5.32 Å². The predicted octanol–water partition coefficient (Wildman–Crippen LogP) is 0.778. The first-order valence-electron chi connectivity index (χ1n) is 3.70. The maximum atomic E-state index is 11.3. The predicted molar refractivity (Wildman–Crippen MR) is 46.9 cm³/mol. The Kier molecular flexibility index (Phi) is 1.68. The summed E-state index contributed by atoms with van der Waals surface area (Å²) in [7, 11) is 0. The number of imidazole rings is 1. The van der Waals surface area contributed by atoms with Crippen LogP contribution in [0.4, 0.5) is 0 Å². The Balaban J connectivity index is 2.46. The minimum absolute atomic E-state index is 0.0977. The Morgan fingerprint density at radius 2 is 2.58 bits per heavy atom. The number of nitrogens with zero attached hydrogens (tertiary/aromatic N) is 2. The van der Waals surface area contributed by atoms with Crippen molar-refractivity contribution in [1.29, 1.82) is 0 Å². The van der Waals surface area contributed by atoms with Gasteiger partial charge in [-0.15, -0.1) is 0 Å². The van der Waals surface area contributed by atoms with Gasteiger partial charge in [-0.2, -0.15) is 0 Å². The highest BCUT2D eigenvalue weighted by Crippen LogP contribution is 2.13. The molecule has 0 radical (unpaired) electrons. The topological polar surface area (TPSA) is 46.9 Å². The summed E-state index contributed by atoms with van der Waals surface area (Å²) < 4.78 is 2.56. The van der Waals surface area contributed by atoms with Crippen LogP contribution in [-0.2, 0) is 6.54 Å². The molecule has 0 spiro atoms. The summed E-state index contributed by atoms with van der Waals surface area (Å²) in [5.41, 5.74) is 0. The molecule has 5 heteroatoms. The molecule has 4 nitrogen and oxygen atoms in total. The molecule has 12 heavy (non-hydrogen) atoms. The zero-order valence-corrected chi connectivity index (χ0v) is 8.13. The summed E-state index contributed by atoms with van der Waals surface area (Å²) >= 11 is 3.23. The van der Waals surface area contributed by atoms with Crippen molar-refractivity contribution in [2.75, 3.05) is 0 Å². The number of carbonyl (C=O) groups is 1. The summed E-state index contributed by atoms with van der Waals surface area (Å²) in [5, 5.41) is 2.81. The first-order chi connectivity index (χ1) is 5.66. The van der Waals surface area contributed by atoms with Gasteiger partial charge in [0, 0.05) is 18.8 Å². The Hall–Kier alpha value is -0.840. The Morgan fingerprint density at radius 3 is 3.33 bits per heavy atom. The molecule has 1 aromatic heterocycles. The first kappa shape index (κ1) is 7.79. The highest BCUT2D eigenvalue weighted by molar-refractivity contribution is 9.10. The lowest BCUT2D eigenvalue weighted by Crippen LogP contribution is -2.42. The number of aromatic nitrogens is 2. The second-order valence-electron chi connectivity index (χ2n) is 2.91. The van der Waals surface area contributed by atoms with E-state index in [0.717, 1.165) is 6.54 Å². The molecule has 1 amide bonds. The van der Waals surface area contributed by atoms with Crippen LogP contribution >= 0.6 is 15.9 Å². The standard InChI is InChI=1S/C7H8BrN3O/c1-4-2-11-3-5(8)10-6(11)7(12)9-4/h3-4H,2H2,1H3,(H,9,12)/t4-/m1/s1. The fraction of sp³-hybridized carbons (Fsp3) is 0.429. The van der Waals surface area contributed by atoms with Gasteiger partial charge in [-0.25, -0.2) is 4.98 Å². The minimum Gasteiger partial charge on any atom is -0.345 e. The fourth-order valence-electron chi connectivity index (χ4n) is 1.33. The zero-order valence-electron chi connectivity index (χ0n) is 6.54. The van der Waals surface area contributed by atoms with Crippen LogP contribution in [0.15, 0.2) is 10.8 Å². The summed E-state index contributed by atoms with van der Waals surface area (Å²) in [6, 6.07) is 0.186. The molecule has 1 aliphatic rings. The molecule has 0 saturated carbocycles. The molecule has 0 saturated heterocycles. The average Bonchev–Trinajstić information content (AvgIpc) is 2.29. The summed E-state index contributed by atoms with van der Waals surface area (Å²) in [6.45, 7) is 2.76. The maximum absolute atomic E-state index is 11.3. The third kappa shape index (κ3) is 1.14. The number of halogens is 1. The van der Waals surface area contributed by atoms with Crippen LogP contribution in [0.25, 0.3) is 0 Å². The molecule has 0 bridgehead atoms. The zero-order chi connectivity index (χ0) is 8.72. The van der Waals surface area contributed by atoms with E-state index in [2.05, 4.69) is 26.2 Å². The van der Waals surface area contributed by atoms with Crippen LogP contribution in [0, 0.1) is 0 Å². The van der Waals surface area contributed by atoms with Gasteiger partial charge in [0.15, 0.2) is 5.82 Å². The number of fused-ring (bicyclic) bond motifs is 1. The van der Waals surface area contributed by atoms with Gasteiger partial charge in [0.25, 0.3) is 5.91 Å². The second-order valence-corrected chi connectivity index (χ2v) is 3.73. The molecule has 0 fully saturated rings. The molecule has 0 unspecified atom stereocenters.